The minimum absolute atomic E-state index is 0.422. The van der Waals surface area contributed by atoms with Gasteiger partial charge in [-0.15, -0.1) is 0 Å². The van der Waals surface area contributed by atoms with Crippen molar-refractivity contribution in [2.75, 3.05) is 19.5 Å². The van der Waals surface area contributed by atoms with Crippen molar-refractivity contribution in [3.63, 3.8) is 0 Å². The normalized spacial score (nSPS) is 10.6. The molecular formula is C21H21N3O2. The lowest BCUT2D eigenvalue weighted by atomic mass is 10.0. The summed E-state index contributed by atoms with van der Waals surface area (Å²) in [5.41, 5.74) is 4.06. The zero-order chi connectivity index (χ0) is 18.7. The lowest BCUT2D eigenvalue weighted by Gasteiger charge is -2.15. The lowest BCUT2D eigenvalue weighted by molar-refractivity contribution is 0.356. The Morgan fingerprint density at radius 3 is 2.46 bits per heavy atom. The third-order valence-corrected chi connectivity index (χ3v) is 4.32. The molecule has 0 amide bonds. The molecular weight excluding hydrogens is 326 g/mol. The molecule has 3 rings (SSSR count). The third kappa shape index (κ3) is 3.27. The first-order chi connectivity index (χ1) is 12.6. The van der Waals surface area contributed by atoms with E-state index in [2.05, 4.69) is 42.4 Å². The van der Waals surface area contributed by atoms with E-state index in [0.29, 0.717) is 28.7 Å². The van der Waals surface area contributed by atoms with Gasteiger partial charge >= 0.3 is 0 Å². The maximum atomic E-state index is 9.54. The number of hydrogen-bond donors (Lipinski definition) is 1. The van der Waals surface area contributed by atoms with Crippen LogP contribution in [0.15, 0.2) is 42.6 Å². The van der Waals surface area contributed by atoms with Crippen LogP contribution in [0.5, 0.6) is 11.5 Å². The predicted molar refractivity (Wildman–Crippen MR) is 103 cm³/mol. The van der Waals surface area contributed by atoms with Crippen molar-refractivity contribution in [3.8, 4) is 17.6 Å². The Labute approximate surface area is 153 Å². The van der Waals surface area contributed by atoms with Gasteiger partial charge in [0.25, 0.3) is 0 Å². The van der Waals surface area contributed by atoms with Crippen LogP contribution in [-0.2, 0) is 0 Å². The van der Waals surface area contributed by atoms with Crippen molar-refractivity contribution >= 4 is 22.3 Å². The van der Waals surface area contributed by atoms with Gasteiger partial charge in [-0.05, 0) is 29.7 Å². The maximum Gasteiger partial charge on any atom is 0.162 e. The fraction of sp³-hybridized carbons (Fsp3) is 0.238. The highest BCUT2D eigenvalue weighted by molar-refractivity contribution is 5.97. The van der Waals surface area contributed by atoms with Crippen molar-refractivity contribution < 1.29 is 9.47 Å². The number of nitriles is 1. The molecule has 3 aromatic rings. The Kier molecular flexibility index (Phi) is 4.94. The van der Waals surface area contributed by atoms with E-state index >= 15 is 0 Å². The van der Waals surface area contributed by atoms with Crippen molar-refractivity contribution in [1.29, 1.82) is 5.26 Å². The number of pyridine rings is 1. The molecule has 0 aliphatic rings. The molecule has 132 valence electrons. The van der Waals surface area contributed by atoms with Gasteiger partial charge in [-0.2, -0.15) is 5.26 Å². The molecule has 1 N–H and O–H groups in total. The summed E-state index contributed by atoms with van der Waals surface area (Å²) in [5.74, 6) is 1.62. The summed E-state index contributed by atoms with van der Waals surface area (Å²) >= 11 is 0. The fourth-order valence-corrected chi connectivity index (χ4v) is 2.86. The van der Waals surface area contributed by atoms with Crippen molar-refractivity contribution in [3.05, 3.63) is 53.7 Å². The molecule has 2 aromatic carbocycles. The molecule has 0 fully saturated rings. The number of hydrogen-bond acceptors (Lipinski definition) is 5. The summed E-state index contributed by atoms with van der Waals surface area (Å²) < 4.78 is 10.8. The van der Waals surface area contributed by atoms with Gasteiger partial charge in [-0.3, -0.25) is 4.98 Å². The van der Waals surface area contributed by atoms with Gasteiger partial charge in [0.15, 0.2) is 11.5 Å². The zero-order valence-electron chi connectivity index (χ0n) is 15.3. The Balaban J connectivity index is 2.17. The number of methoxy groups -OCH3 is 2. The molecule has 0 spiro atoms. The minimum Gasteiger partial charge on any atom is -0.493 e. The monoisotopic (exact) mass is 347 g/mol. The van der Waals surface area contributed by atoms with Crippen LogP contribution in [0.3, 0.4) is 0 Å². The van der Waals surface area contributed by atoms with E-state index in [0.717, 1.165) is 16.6 Å². The summed E-state index contributed by atoms with van der Waals surface area (Å²) in [7, 11) is 3.17. The molecule has 1 heterocycles. The van der Waals surface area contributed by atoms with Crippen LogP contribution in [0.4, 0.5) is 11.4 Å². The summed E-state index contributed by atoms with van der Waals surface area (Å²) in [6.07, 6.45) is 1.57. The largest absolute Gasteiger partial charge is 0.493 e. The van der Waals surface area contributed by atoms with Crippen LogP contribution in [0.25, 0.3) is 10.9 Å². The topological polar surface area (TPSA) is 67.2 Å². The Bertz CT molecular complexity index is 990. The second-order valence-electron chi connectivity index (χ2n) is 6.29. The van der Waals surface area contributed by atoms with Crippen molar-refractivity contribution in [1.82, 2.24) is 4.98 Å². The smallest absolute Gasteiger partial charge is 0.162 e. The highest BCUT2D eigenvalue weighted by Crippen LogP contribution is 2.37. The van der Waals surface area contributed by atoms with Crippen molar-refractivity contribution in [2.45, 2.75) is 19.8 Å². The van der Waals surface area contributed by atoms with Gasteiger partial charge in [-0.25, -0.2) is 0 Å². The molecule has 0 saturated carbocycles. The number of rotatable bonds is 5. The van der Waals surface area contributed by atoms with Gasteiger partial charge in [0.1, 0.15) is 6.07 Å². The molecule has 0 radical (unpaired) electrons. The molecule has 0 saturated heterocycles. The molecule has 0 atom stereocenters. The molecule has 26 heavy (non-hydrogen) atoms. The fourth-order valence-electron chi connectivity index (χ4n) is 2.86. The number of anilines is 2. The highest BCUT2D eigenvalue weighted by Gasteiger charge is 2.14. The first kappa shape index (κ1) is 17.6. The third-order valence-electron chi connectivity index (χ3n) is 4.32. The summed E-state index contributed by atoms with van der Waals surface area (Å²) in [6.45, 7) is 4.30. The SMILES string of the molecule is COc1cc2ncc(C#N)c(Nc3cccc(C(C)C)c3)c2cc1OC. The number of aromatic nitrogens is 1. The average molecular weight is 347 g/mol. The Hall–Kier alpha value is -3.26. The first-order valence-corrected chi connectivity index (χ1v) is 8.39. The van der Waals surface area contributed by atoms with Gasteiger partial charge < -0.3 is 14.8 Å². The highest BCUT2D eigenvalue weighted by atomic mass is 16.5. The van der Waals surface area contributed by atoms with E-state index in [1.54, 1.807) is 20.4 Å². The first-order valence-electron chi connectivity index (χ1n) is 8.39. The quantitative estimate of drug-likeness (QED) is 0.704. The van der Waals surface area contributed by atoms with Crippen LogP contribution in [0.1, 0.15) is 30.9 Å². The lowest BCUT2D eigenvalue weighted by Crippen LogP contribution is -1.99. The minimum atomic E-state index is 0.422. The summed E-state index contributed by atoms with van der Waals surface area (Å²) in [4.78, 5) is 4.39. The van der Waals surface area contributed by atoms with Gasteiger partial charge in [0.2, 0.25) is 0 Å². The molecule has 0 aliphatic heterocycles. The number of fused-ring (bicyclic) bond motifs is 1. The van der Waals surface area contributed by atoms with Gasteiger partial charge in [-0.1, -0.05) is 26.0 Å². The number of benzene rings is 2. The van der Waals surface area contributed by atoms with Crippen LogP contribution in [0, 0.1) is 11.3 Å². The average Bonchev–Trinajstić information content (AvgIpc) is 2.67. The van der Waals surface area contributed by atoms with Gasteiger partial charge in [0.05, 0.1) is 31.0 Å². The van der Waals surface area contributed by atoms with E-state index in [1.807, 2.05) is 24.3 Å². The van der Waals surface area contributed by atoms with Crippen LogP contribution < -0.4 is 14.8 Å². The number of ether oxygens (including phenoxy) is 2. The zero-order valence-corrected chi connectivity index (χ0v) is 15.3. The van der Waals surface area contributed by atoms with E-state index in [4.69, 9.17) is 9.47 Å². The van der Waals surface area contributed by atoms with E-state index in [9.17, 15) is 5.26 Å². The Morgan fingerprint density at radius 2 is 1.81 bits per heavy atom. The molecule has 0 unspecified atom stereocenters. The van der Waals surface area contributed by atoms with Crippen molar-refractivity contribution in [2.24, 2.45) is 0 Å². The van der Waals surface area contributed by atoms with Crippen LogP contribution >= 0.6 is 0 Å². The second kappa shape index (κ2) is 7.32. The van der Waals surface area contributed by atoms with E-state index in [-0.39, 0.29) is 0 Å². The molecule has 0 bridgehead atoms. The summed E-state index contributed by atoms with van der Waals surface area (Å²) in [6, 6.07) is 14.1. The molecule has 5 nitrogen and oxygen atoms in total. The van der Waals surface area contributed by atoms with Gasteiger partial charge in [0, 0.05) is 23.3 Å². The van der Waals surface area contributed by atoms with Crippen LogP contribution in [0.2, 0.25) is 0 Å². The number of nitrogens with zero attached hydrogens (tertiary/aromatic N) is 2. The predicted octanol–water partition coefficient (Wildman–Crippen LogP) is 4.99. The van der Waals surface area contributed by atoms with Crippen LogP contribution in [-0.4, -0.2) is 19.2 Å². The Morgan fingerprint density at radius 1 is 1.08 bits per heavy atom. The standard InChI is InChI=1S/C21H21N3O2/c1-13(2)14-6-5-7-16(8-14)24-21-15(11-22)12-23-18-10-20(26-4)19(25-3)9-17(18)21/h5-10,12-13H,1-4H3,(H,23,24). The van der Waals surface area contributed by atoms with E-state index < -0.39 is 0 Å². The van der Waals surface area contributed by atoms with E-state index in [1.165, 1.54) is 5.56 Å². The maximum absolute atomic E-state index is 9.54. The molecule has 1 aromatic heterocycles. The molecule has 0 aliphatic carbocycles. The summed E-state index contributed by atoms with van der Waals surface area (Å²) in [5, 5.41) is 13.7. The number of nitrogens with one attached hydrogen (secondary N) is 1. The second-order valence-corrected chi connectivity index (χ2v) is 6.29. The molecule has 5 heteroatoms.